The molecule has 0 aliphatic carbocycles. The van der Waals surface area contributed by atoms with Crippen LogP contribution in [0, 0.1) is 0 Å². The van der Waals surface area contributed by atoms with Crippen LogP contribution in [-0.4, -0.2) is 20.9 Å². The summed E-state index contributed by atoms with van der Waals surface area (Å²) in [7, 11) is 1.62. The topological polar surface area (TPSA) is 55.1 Å². The monoisotopic (exact) mass is 286 g/mol. The lowest BCUT2D eigenvalue weighted by molar-refractivity contribution is 0.0685. The van der Waals surface area contributed by atoms with Crippen molar-refractivity contribution < 1.29 is 9.90 Å². The van der Waals surface area contributed by atoms with Crippen molar-refractivity contribution in [1.82, 2.24) is 9.78 Å². The van der Waals surface area contributed by atoms with Gasteiger partial charge < -0.3 is 5.11 Å². The van der Waals surface area contributed by atoms with Crippen LogP contribution in [0.5, 0.6) is 0 Å². The Balaban J connectivity index is 2.46. The number of halogens is 1. The minimum atomic E-state index is -0.967. The Kier molecular flexibility index (Phi) is 2.62. The van der Waals surface area contributed by atoms with E-state index in [9.17, 15) is 4.79 Å². The number of rotatable bonds is 2. The maximum absolute atomic E-state index is 10.8. The van der Waals surface area contributed by atoms with Crippen molar-refractivity contribution >= 4 is 33.2 Å². The Morgan fingerprint density at radius 3 is 2.80 bits per heavy atom. The largest absolute Gasteiger partial charge is 0.477 e. The summed E-state index contributed by atoms with van der Waals surface area (Å²) in [5, 5.41) is 14.9. The smallest absolute Gasteiger partial charge is 0.354 e. The number of carboxylic acids is 1. The van der Waals surface area contributed by atoms with E-state index in [4.69, 9.17) is 5.11 Å². The fraction of sp³-hybridized carbons (Fsp3) is 0.111. The van der Waals surface area contributed by atoms with Gasteiger partial charge in [-0.1, -0.05) is 0 Å². The number of aryl methyl sites for hydroxylation is 1. The maximum Gasteiger partial charge on any atom is 0.354 e. The predicted molar refractivity (Wildman–Crippen MR) is 61.2 cm³/mol. The maximum atomic E-state index is 10.8. The summed E-state index contributed by atoms with van der Waals surface area (Å²) in [5.41, 5.74) is 1.79. The molecule has 0 bridgehead atoms. The molecule has 0 aliphatic rings. The highest BCUT2D eigenvalue weighted by Crippen LogP contribution is 2.28. The third kappa shape index (κ3) is 1.95. The van der Waals surface area contributed by atoms with E-state index in [0.29, 0.717) is 5.69 Å². The van der Waals surface area contributed by atoms with Crippen LogP contribution >= 0.6 is 27.3 Å². The molecule has 1 N–H and O–H groups in total. The molecule has 6 heteroatoms. The fourth-order valence-corrected chi connectivity index (χ4v) is 2.40. The Morgan fingerprint density at radius 1 is 1.60 bits per heavy atom. The molecule has 0 aromatic carbocycles. The highest BCUT2D eigenvalue weighted by Gasteiger charge is 2.13. The lowest BCUT2D eigenvalue weighted by Gasteiger charge is -1.91. The molecule has 0 spiro atoms. The Labute approximate surface area is 98.3 Å². The number of aromatic carboxylic acids is 1. The summed E-state index contributed by atoms with van der Waals surface area (Å²) in [6.45, 7) is 0. The van der Waals surface area contributed by atoms with Crippen LogP contribution in [0.2, 0.25) is 0 Å². The van der Waals surface area contributed by atoms with E-state index in [0.717, 1.165) is 9.35 Å². The van der Waals surface area contributed by atoms with Crippen LogP contribution in [-0.2, 0) is 7.05 Å². The van der Waals surface area contributed by atoms with Gasteiger partial charge in [-0.05, 0) is 28.1 Å². The minimum Gasteiger partial charge on any atom is -0.477 e. The molecule has 15 heavy (non-hydrogen) atoms. The fourth-order valence-electron chi connectivity index (χ4n) is 1.25. The molecule has 0 unspecified atom stereocenters. The molecule has 2 aromatic heterocycles. The second-order valence-corrected chi connectivity index (χ2v) is 5.27. The second kappa shape index (κ2) is 3.79. The van der Waals surface area contributed by atoms with Crippen LogP contribution in [0.15, 0.2) is 21.3 Å². The van der Waals surface area contributed by atoms with Gasteiger partial charge in [-0.2, -0.15) is 5.10 Å². The van der Waals surface area contributed by atoms with E-state index in [1.807, 2.05) is 11.4 Å². The summed E-state index contributed by atoms with van der Waals surface area (Å²) in [6.07, 6.45) is 0. The molecule has 2 aromatic rings. The van der Waals surface area contributed by atoms with E-state index in [2.05, 4.69) is 21.0 Å². The van der Waals surface area contributed by atoms with Gasteiger partial charge in [0.25, 0.3) is 0 Å². The molecule has 2 heterocycles. The molecule has 0 radical (unpaired) electrons. The van der Waals surface area contributed by atoms with Crippen LogP contribution in [0.25, 0.3) is 11.3 Å². The first kappa shape index (κ1) is 10.4. The summed E-state index contributed by atoms with van der Waals surface area (Å²) < 4.78 is 2.36. The van der Waals surface area contributed by atoms with Gasteiger partial charge in [-0.3, -0.25) is 4.68 Å². The minimum absolute atomic E-state index is 0.187. The van der Waals surface area contributed by atoms with Gasteiger partial charge >= 0.3 is 5.97 Å². The summed E-state index contributed by atoms with van der Waals surface area (Å²) in [6, 6.07) is 3.48. The Morgan fingerprint density at radius 2 is 2.33 bits per heavy atom. The number of hydrogen-bond acceptors (Lipinski definition) is 3. The Bertz CT molecular complexity index is 518. The third-order valence-electron chi connectivity index (χ3n) is 1.96. The molecular weight excluding hydrogens is 280 g/mol. The number of thiophene rings is 1. The zero-order valence-electron chi connectivity index (χ0n) is 7.77. The number of carboxylic acid groups (broad SMARTS) is 1. The second-order valence-electron chi connectivity index (χ2n) is 2.98. The quantitative estimate of drug-likeness (QED) is 0.923. The molecule has 4 nitrogen and oxygen atoms in total. The molecule has 0 fully saturated rings. The molecule has 0 saturated carbocycles. The number of carbonyl (C=O) groups is 1. The van der Waals surface area contributed by atoms with Crippen LogP contribution < -0.4 is 0 Å². The summed E-state index contributed by atoms with van der Waals surface area (Å²) >= 11 is 4.89. The van der Waals surface area contributed by atoms with Gasteiger partial charge in [0.1, 0.15) is 5.69 Å². The average Bonchev–Trinajstić information content (AvgIpc) is 2.71. The summed E-state index contributed by atoms with van der Waals surface area (Å²) in [5.74, 6) is -0.967. The average molecular weight is 287 g/mol. The van der Waals surface area contributed by atoms with Gasteiger partial charge in [0, 0.05) is 18.0 Å². The lowest BCUT2D eigenvalue weighted by Crippen LogP contribution is -2.04. The zero-order chi connectivity index (χ0) is 11.0. The first-order valence-corrected chi connectivity index (χ1v) is 5.77. The highest BCUT2D eigenvalue weighted by atomic mass is 79.9. The Hall–Kier alpha value is -1.14. The van der Waals surface area contributed by atoms with Gasteiger partial charge in [-0.15, -0.1) is 11.3 Å². The molecule has 0 aliphatic heterocycles. The van der Waals surface area contributed by atoms with Gasteiger partial charge in [0.05, 0.1) is 9.48 Å². The van der Waals surface area contributed by atoms with Crippen molar-refractivity contribution in [3.8, 4) is 11.3 Å². The molecule has 78 valence electrons. The van der Waals surface area contributed by atoms with Gasteiger partial charge in [0.2, 0.25) is 0 Å². The van der Waals surface area contributed by atoms with E-state index >= 15 is 0 Å². The standard InChI is InChI=1S/C9H7BrN2O2S/c1-12-7(9(13)14)3-6(11-12)5-2-8(10)15-4-5/h2-4H,1H3,(H,13,14). The molecule has 0 saturated heterocycles. The van der Waals surface area contributed by atoms with Crippen molar-refractivity contribution in [3.63, 3.8) is 0 Å². The van der Waals surface area contributed by atoms with Crippen LogP contribution in [0.4, 0.5) is 0 Å². The first-order chi connectivity index (χ1) is 7.08. The number of hydrogen-bond donors (Lipinski definition) is 1. The normalized spacial score (nSPS) is 10.5. The third-order valence-corrected chi connectivity index (χ3v) is 3.47. The zero-order valence-corrected chi connectivity index (χ0v) is 10.2. The lowest BCUT2D eigenvalue weighted by atomic mass is 10.2. The SMILES string of the molecule is Cn1nc(-c2csc(Br)c2)cc1C(=O)O. The number of aromatic nitrogens is 2. The van der Waals surface area contributed by atoms with Crippen molar-refractivity contribution in [2.24, 2.45) is 7.05 Å². The van der Waals surface area contributed by atoms with Crippen LogP contribution in [0.1, 0.15) is 10.5 Å². The van der Waals surface area contributed by atoms with E-state index in [-0.39, 0.29) is 5.69 Å². The predicted octanol–water partition coefficient (Wildman–Crippen LogP) is 2.61. The highest BCUT2D eigenvalue weighted by molar-refractivity contribution is 9.11. The van der Waals surface area contributed by atoms with Gasteiger partial charge in [0.15, 0.2) is 0 Å². The van der Waals surface area contributed by atoms with Gasteiger partial charge in [-0.25, -0.2) is 4.79 Å². The summed E-state index contributed by atoms with van der Waals surface area (Å²) in [4.78, 5) is 10.8. The van der Waals surface area contributed by atoms with E-state index in [1.165, 1.54) is 4.68 Å². The number of nitrogens with zero attached hydrogens (tertiary/aromatic N) is 2. The molecule has 2 rings (SSSR count). The first-order valence-electron chi connectivity index (χ1n) is 4.09. The van der Waals surface area contributed by atoms with Crippen molar-refractivity contribution in [3.05, 3.63) is 27.0 Å². The van der Waals surface area contributed by atoms with Crippen LogP contribution in [0.3, 0.4) is 0 Å². The van der Waals surface area contributed by atoms with E-state index in [1.54, 1.807) is 24.5 Å². The van der Waals surface area contributed by atoms with E-state index < -0.39 is 5.97 Å². The van der Waals surface area contributed by atoms with Crippen molar-refractivity contribution in [1.29, 1.82) is 0 Å². The molecular formula is C9H7BrN2O2S. The van der Waals surface area contributed by atoms with Crippen molar-refractivity contribution in [2.45, 2.75) is 0 Å². The molecule has 0 amide bonds. The van der Waals surface area contributed by atoms with Crippen molar-refractivity contribution in [2.75, 3.05) is 0 Å². The molecule has 0 atom stereocenters.